The summed E-state index contributed by atoms with van der Waals surface area (Å²) in [5.41, 5.74) is 0.759. The minimum Gasteiger partial charge on any atom is -0.744 e. The maximum atomic E-state index is 12.1. The van der Waals surface area contributed by atoms with Crippen LogP contribution >= 0.6 is 23.8 Å². The number of hydrogen-bond donors (Lipinski definition) is 0. The van der Waals surface area contributed by atoms with Gasteiger partial charge in [-0.05, 0) is 104 Å². The molecule has 54 heavy (non-hydrogen) atoms. The Morgan fingerprint density at radius 2 is 0.611 bits per heavy atom. The second-order valence-electron chi connectivity index (χ2n) is 13.5. The highest BCUT2D eigenvalue weighted by Crippen LogP contribution is 2.54. The fourth-order valence-corrected chi connectivity index (χ4v) is 16.4. The van der Waals surface area contributed by atoms with Crippen molar-refractivity contribution in [1.82, 2.24) is 0 Å². The Balaban J connectivity index is 1.47. The van der Waals surface area contributed by atoms with Crippen LogP contribution in [0.5, 0.6) is 0 Å². The standard InChI is InChI=1S/C47H43O3P3S/c48-54(49,50)46-33-31-39(32-34-46)35-47(36-51(40-19-7-1-8-20-40)41-21-9-2-10-22-41,37-52(42-23-11-3-12-24-42)43-25-13-4-14-26-43)38-53(44-27-15-5-16-28-44)45-29-17-6-18-30-45/h1-34H,35-38H2,(H,48,49,50)/p-1. The Hall–Kier alpha value is -4.26. The highest BCUT2D eigenvalue weighted by atomic mass is 32.2. The summed E-state index contributed by atoms with van der Waals surface area (Å²) in [5, 5.41) is 8.02. The molecule has 0 saturated carbocycles. The second-order valence-corrected chi connectivity index (χ2v) is 21.5. The molecular weight excluding hydrogens is 738 g/mol. The van der Waals surface area contributed by atoms with Gasteiger partial charge in [-0.1, -0.05) is 194 Å². The minimum absolute atomic E-state index is 0.195. The van der Waals surface area contributed by atoms with E-state index in [1.165, 1.54) is 44.0 Å². The molecule has 270 valence electrons. The van der Waals surface area contributed by atoms with Crippen molar-refractivity contribution in [1.29, 1.82) is 0 Å². The second kappa shape index (κ2) is 17.9. The van der Waals surface area contributed by atoms with E-state index in [0.717, 1.165) is 30.5 Å². The molecule has 7 heteroatoms. The molecule has 0 fully saturated rings. The molecular formula is C47H42O3P3S-. The molecule has 0 saturated heterocycles. The lowest BCUT2D eigenvalue weighted by molar-refractivity contribution is 0.436. The molecule has 0 atom stereocenters. The van der Waals surface area contributed by atoms with Gasteiger partial charge in [0.25, 0.3) is 0 Å². The first-order valence-corrected chi connectivity index (χ1v) is 24.0. The maximum absolute atomic E-state index is 12.1. The Bertz CT molecular complexity index is 1970. The van der Waals surface area contributed by atoms with E-state index >= 15 is 0 Å². The average Bonchev–Trinajstić information content (AvgIpc) is 3.23. The Kier molecular flexibility index (Phi) is 12.6. The molecule has 0 aliphatic rings. The molecule has 0 heterocycles. The van der Waals surface area contributed by atoms with Gasteiger partial charge in [0.15, 0.2) is 0 Å². The summed E-state index contributed by atoms with van der Waals surface area (Å²) >= 11 is 0. The van der Waals surface area contributed by atoms with Gasteiger partial charge in [0, 0.05) is 0 Å². The zero-order valence-electron chi connectivity index (χ0n) is 29.9. The fraction of sp³-hybridized carbons (Fsp3) is 0.106. The first kappa shape index (κ1) is 38.0. The number of rotatable bonds is 15. The van der Waals surface area contributed by atoms with Gasteiger partial charge in [-0.2, -0.15) is 0 Å². The van der Waals surface area contributed by atoms with E-state index < -0.39 is 33.9 Å². The molecule has 3 nitrogen and oxygen atoms in total. The third-order valence-corrected chi connectivity index (χ3v) is 19.0. The SMILES string of the molecule is O=S(=O)([O-])c1ccc(CC(CP(c2ccccc2)c2ccccc2)(CP(c2ccccc2)c2ccccc2)CP(c2ccccc2)c2ccccc2)cc1. The summed E-state index contributed by atoms with van der Waals surface area (Å²) in [7, 11) is -7.04. The lowest BCUT2D eigenvalue weighted by Gasteiger charge is -2.43. The zero-order valence-corrected chi connectivity index (χ0v) is 33.4. The van der Waals surface area contributed by atoms with E-state index in [9.17, 15) is 13.0 Å². The molecule has 0 bridgehead atoms. The van der Waals surface area contributed by atoms with Crippen molar-refractivity contribution >= 4 is 65.7 Å². The van der Waals surface area contributed by atoms with Crippen LogP contribution in [0.15, 0.2) is 211 Å². The molecule has 0 aliphatic carbocycles. The largest absolute Gasteiger partial charge is 0.744 e. The van der Waals surface area contributed by atoms with Crippen LogP contribution in [0, 0.1) is 5.41 Å². The fourth-order valence-electron chi connectivity index (χ4n) is 7.17. The van der Waals surface area contributed by atoms with Gasteiger partial charge in [-0.15, -0.1) is 0 Å². The summed E-state index contributed by atoms with van der Waals surface area (Å²) in [5.74, 6) is 0. The van der Waals surface area contributed by atoms with E-state index in [2.05, 4.69) is 182 Å². The Labute approximate surface area is 324 Å². The van der Waals surface area contributed by atoms with Crippen molar-refractivity contribution in [3.05, 3.63) is 212 Å². The van der Waals surface area contributed by atoms with Crippen LogP contribution in [0.2, 0.25) is 0 Å². The monoisotopic (exact) mass is 779 g/mol. The van der Waals surface area contributed by atoms with Crippen LogP contribution in [0.3, 0.4) is 0 Å². The smallest absolute Gasteiger partial charge is 0.124 e. The van der Waals surface area contributed by atoms with Gasteiger partial charge in [0.05, 0.1) is 4.90 Å². The summed E-state index contributed by atoms with van der Waals surface area (Å²) in [6.07, 6.45) is 3.50. The van der Waals surface area contributed by atoms with Gasteiger partial charge in [0.2, 0.25) is 0 Å². The zero-order chi connectivity index (χ0) is 37.2. The van der Waals surface area contributed by atoms with Crippen molar-refractivity contribution < 1.29 is 13.0 Å². The van der Waals surface area contributed by atoms with Gasteiger partial charge < -0.3 is 4.55 Å². The molecule has 0 radical (unpaired) electrons. The van der Waals surface area contributed by atoms with E-state index in [1.54, 1.807) is 0 Å². The van der Waals surface area contributed by atoms with Crippen LogP contribution in [-0.4, -0.2) is 31.5 Å². The third-order valence-electron chi connectivity index (χ3n) is 9.68. The summed E-state index contributed by atoms with van der Waals surface area (Å²) in [4.78, 5) is -0.195. The summed E-state index contributed by atoms with van der Waals surface area (Å²) in [6, 6.07) is 72.5. The van der Waals surface area contributed by atoms with Gasteiger partial charge in [0.1, 0.15) is 10.1 Å². The van der Waals surface area contributed by atoms with Crippen molar-refractivity contribution in [2.45, 2.75) is 11.3 Å². The highest BCUT2D eigenvalue weighted by molar-refractivity contribution is 7.85. The molecule has 7 aromatic carbocycles. The number of benzene rings is 7. The van der Waals surface area contributed by atoms with Crippen LogP contribution in [0.4, 0.5) is 0 Å². The normalized spacial score (nSPS) is 12.0. The number of hydrogen-bond acceptors (Lipinski definition) is 3. The predicted molar refractivity (Wildman–Crippen MR) is 232 cm³/mol. The van der Waals surface area contributed by atoms with Crippen molar-refractivity contribution in [2.24, 2.45) is 5.41 Å². The van der Waals surface area contributed by atoms with Crippen LogP contribution in [0.1, 0.15) is 5.56 Å². The average molecular weight is 780 g/mol. The molecule has 0 amide bonds. The minimum atomic E-state index is -4.58. The topological polar surface area (TPSA) is 57.2 Å². The molecule has 0 aliphatic heterocycles. The molecule has 0 N–H and O–H groups in total. The van der Waals surface area contributed by atoms with E-state index in [4.69, 9.17) is 0 Å². The van der Waals surface area contributed by atoms with E-state index in [-0.39, 0.29) is 10.3 Å². The van der Waals surface area contributed by atoms with E-state index in [1.807, 2.05) is 12.1 Å². The summed E-state index contributed by atoms with van der Waals surface area (Å²) in [6.45, 7) is 0. The molecule has 0 spiro atoms. The van der Waals surface area contributed by atoms with Gasteiger partial charge in [-0.25, -0.2) is 8.42 Å². The van der Waals surface area contributed by atoms with Crippen LogP contribution in [0.25, 0.3) is 0 Å². The quantitative estimate of drug-likeness (QED) is 0.0775. The Morgan fingerprint density at radius 3 is 0.833 bits per heavy atom. The Morgan fingerprint density at radius 1 is 0.370 bits per heavy atom. The van der Waals surface area contributed by atoms with Gasteiger partial charge >= 0.3 is 0 Å². The van der Waals surface area contributed by atoms with Crippen molar-refractivity contribution in [2.75, 3.05) is 18.5 Å². The molecule has 0 aromatic heterocycles. The van der Waals surface area contributed by atoms with Gasteiger partial charge in [-0.3, -0.25) is 0 Å². The third kappa shape index (κ3) is 9.69. The van der Waals surface area contributed by atoms with Crippen molar-refractivity contribution in [3.8, 4) is 0 Å². The van der Waals surface area contributed by atoms with Crippen LogP contribution < -0.4 is 31.8 Å². The maximum Gasteiger partial charge on any atom is 0.124 e. The lowest BCUT2D eigenvalue weighted by Crippen LogP contribution is -2.40. The predicted octanol–water partition coefficient (Wildman–Crippen LogP) is 8.52. The van der Waals surface area contributed by atoms with Crippen molar-refractivity contribution in [3.63, 3.8) is 0 Å². The first-order chi connectivity index (χ1) is 26.4. The molecule has 7 rings (SSSR count). The summed E-state index contributed by atoms with van der Waals surface area (Å²) < 4.78 is 36.2. The molecule has 7 aromatic rings. The van der Waals surface area contributed by atoms with E-state index in [0.29, 0.717) is 0 Å². The van der Waals surface area contributed by atoms with Crippen LogP contribution in [-0.2, 0) is 16.5 Å². The molecule has 0 unspecified atom stereocenters. The lowest BCUT2D eigenvalue weighted by atomic mass is 9.87. The first-order valence-electron chi connectivity index (χ1n) is 18.0. The highest BCUT2D eigenvalue weighted by Gasteiger charge is 2.40.